The van der Waals surface area contributed by atoms with Gasteiger partial charge in [0.25, 0.3) is 0 Å². The summed E-state index contributed by atoms with van der Waals surface area (Å²) in [4.78, 5) is 13.3. The molecule has 2 aliphatic carbocycles. The van der Waals surface area contributed by atoms with Gasteiger partial charge in [-0.1, -0.05) is 0 Å². The van der Waals surface area contributed by atoms with Gasteiger partial charge in [-0.15, -0.1) is 0 Å². The Morgan fingerprint density at radius 3 is 2.90 bits per heavy atom. The Balaban J connectivity index is 1.81. The molecule has 0 spiro atoms. The van der Waals surface area contributed by atoms with E-state index >= 15 is 0 Å². The van der Waals surface area contributed by atoms with E-state index < -0.39 is 6.10 Å². The van der Waals surface area contributed by atoms with Crippen LogP contribution >= 0.6 is 0 Å². The highest BCUT2D eigenvalue weighted by Gasteiger charge is 2.67. The van der Waals surface area contributed by atoms with Crippen LogP contribution in [0.25, 0.3) is 11.2 Å². The molecule has 2 aromatic heterocycles. The van der Waals surface area contributed by atoms with E-state index in [1.165, 1.54) is 0 Å². The summed E-state index contributed by atoms with van der Waals surface area (Å²) in [6.45, 7) is 1.91. The standard InChI is InChI=1S/C14H19N5O2/c1-7-17-12(15-2)11-13(18-7)19(6-16-11)9-3-10(21)14(5-20)4-8(9)14/h6,8-10,20-21H,3-5H2,1-2H3,(H,15,17,18)/t8-,9+,10+,14+/m1/s1. The Morgan fingerprint density at radius 1 is 1.48 bits per heavy atom. The molecule has 4 rings (SSSR count). The first-order valence-corrected chi connectivity index (χ1v) is 7.28. The molecule has 0 aromatic carbocycles. The fourth-order valence-electron chi connectivity index (χ4n) is 3.92. The van der Waals surface area contributed by atoms with Crippen LogP contribution in [-0.2, 0) is 0 Å². The van der Waals surface area contributed by atoms with Gasteiger partial charge >= 0.3 is 0 Å². The van der Waals surface area contributed by atoms with Crippen molar-refractivity contribution in [2.45, 2.75) is 31.9 Å². The summed E-state index contributed by atoms with van der Waals surface area (Å²) in [5, 5.41) is 22.9. The molecule has 2 fully saturated rings. The molecule has 0 aliphatic heterocycles. The number of aliphatic hydroxyl groups is 2. The van der Waals surface area contributed by atoms with Gasteiger partial charge in [0.2, 0.25) is 0 Å². The second kappa shape index (κ2) is 4.14. The van der Waals surface area contributed by atoms with Gasteiger partial charge in [-0.25, -0.2) is 15.0 Å². The average Bonchev–Trinajstić information content (AvgIpc) is 2.98. The van der Waals surface area contributed by atoms with Crippen molar-refractivity contribution in [3.63, 3.8) is 0 Å². The molecule has 3 N–H and O–H groups in total. The summed E-state index contributed by atoms with van der Waals surface area (Å²) in [5.74, 6) is 1.72. The Labute approximate surface area is 122 Å². The zero-order valence-corrected chi connectivity index (χ0v) is 12.1. The molecule has 2 aliphatic rings. The lowest BCUT2D eigenvalue weighted by Crippen LogP contribution is -2.22. The minimum atomic E-state index is -0.443. The molecule has 0 saturated heterocycles. The predicted molar refractivity (Wildman–Crippen MR) is 76.9 cm³/mol. The monoisotopic (exact) mass is 289 g/mol. The number of nitrogens with one attached hydrogen (secondary N) is 1. The number of aliphatic hydroxyl groups excluding tert-OH is 2. The minimum Gasteiger partial charge on any atom is -0.396 e. The number of fused-ring (bicyclic) bond motifs is 2. The molecule has 4 atom stereocenters. The van der Waals surface area contributed by atoms with Crippen molar-refractivity contribution >= 4 is 17.0 Å². The minimum absolute atomic E-state index is 0.0533. The van der Waals surface area contributed by atoms with Crippen molar-refractivity contribution in [1.29, 1.82) is 0 Å². The van der Waals surface area contributed by atoms with Crippen LogP contribution < -0.4 is 5.32 Å². The maximum absolute atomic E-state index is 10.2. The lowest BCUT2D eigenvalue weighted by Gasteiger charge is -2.16. The molecule has 0 unspecified atom stereocenters. The maximum Gasteiger partial charge on any atom is 0.166 e. The second-order valence-electron chi connectivity index (χ2n) is 6.21. The highest BCUT2D eigenvalue weighted by Crippen LogP contribution is 2.67. The first-order chi connectivity index (χ1) is 10.1. The lowest BCUT2D eigenvalue weighted by molar-refractivity contribution is 0.0600. The highest BCUT2D eigenvalue weighted by atomic mass is 16.3. The largest absolute Gasteiger partial charge is 0.396 e. The van der Waals surface area contributed by atoms with Gasteiger partial charge in [0.1, 0.15) is 11.3 Å². The van der Waals surface area contributed by atoms with Gasteiger partial charge in [0.15, 0.2) is 11.5 Å². The highest BCUT2D eigenvalue weighted by molar-refractivity contribution is 5.83. The van der Waals surface area contributed by atoms with Gasteiger partial charge in [-0.05, 0) is 25.7 Å². The van der Waals surface area contributed by atoms with Crippen molar-refractivity contribution in [3.05, 3.63) is 12.2 Å². The van der Waals surface area contributed by atoms with Gasteiger partial charge < -0.3 is 20.1 Å². The Kier molecular flexibility index (Phi) is 2.56. The summed E-state index contributed by atoms with van der Waals surface area (Å²) < 4.78 is 2.04. The van der Waals surface area contributed by atoms with Crippen molar-refractivity contribution in [2.75, 3.05) is 19.0 Å². The summed E-state index contributed by atoms with van der Waals surface area (Å²) in [5.41, 5.74) is 1.25. The summed E-state index contributed by atoms with van der Waals surface area (Å²) >= 11 is 0. The number of aromatic nitrogens is 4. The van der Waals surface area contributed by atoms with E-state index in [4.69, 9.17) is 0 Å². The molecule has 21 heavy (non-hydrogen) atoms. The molecule has 2 heterocycles. The number of imidazole rings is 1. The molecule has 0 bridgehead atoms. The Morgan fingerprint density at radius 2 is 2.29 bits per heavy atom. The van der Waals surface area contributed by atoms with Crippen LogP contribution in [-0.4, -0.2) is 49.5 Å². The van der Waals surface area contributed by atoms with Crippen LogP contribution in [0.3, 0.4) is 0 Å². The summed E-state index contributed by atoms with van der Waals surface area (Å²) in [6.07, 6.45) is 2.86. The van der Waals surface area contributed by atoms with E-state index in [1.807, 2.05) is 18.5 Å². The van der Waals surface area contributed by atoms with E-state index in [0.29, 0.717) is 18.2 Å². The Bertz CT molecular complexity index is 715. The number of aryl methyl sites for hydroxylation is 1. The van der Waals surface area contributed by atoms with Gasteiger partial charge in [-0.2, -0.15) is 0 Å². The van der Waals surface area contributed by atoms with Crippen molar-refractivity contribution in [3.8, 4) is 0 Å². The molecule has 0 amide bonds. The third-order valence-corrected chi connectivity index (χ3v) is 5.19. The Hall–Kier alpha value is -1.73. The normalized spacial score (nSPS) is 34.2. The van der Waals surface area contributed by atoms with E-state index in [9.17, 15) is 10.2 Å². The molecule has 112 valence electrons. The average molecular weight is 289 g/mol. The quantitative estimate of drug-likeness (QED) is 0.760. The van der Waals surface area contributed by atoms with Crippen LogP contribution in [0.2, 0.25) is 0 Å². The molecule has 7 nitrogen and oxygen atoms in total. The van der Waals surface area contributed by atoms with Crippen LogP contribution in [0.5, 0.6) is 0 Å². The van der Waals surface area contributed by atoms with Crippen LogP contribution in [0.1, 0.15) is 24.7 Å². The lowest BCUT2D eigenvalue weighted by atomic mass is 10.0. The molecule has 7 heteroatoms. The predicted octanol–water partition coefficient (Wildman–Crippen LogP) is 0.481. The fourth-order valence-corrected chi connectivity index (χ4v) is 3.92. The molecule has 2 saturated carbocycles. The zero-order chi connectivity index (χ0) is 14.8. The molecule has 0 radical (unpaired) electrons. The number of hydrogen-bond acceptors (Lipinski definition) is 6. The van der Waals surface area contributed by atoms with E-state index in [2.05, 4.69) is 20.3 Å². The molecular weight excluding hydrogens is 270 g/mol. The van der Waals surface area contributed by atoms with Crippen LogP contribution in [0.4, 0.5) is 5.82 Å². The first-order valence-electron chi connectivity index (χ1n) is 7.28. The van der Waals surface area contributed by atoms with Gasteiger partial charge in [0, 0.05) is 18.5 Å². The van der Waals surface area contributed by atoms with E-state index in [0.717, 1.165) is 23.4 Å². The van der Waals surface area contributed by atoms with Crippen molar-refractivity contribution in [2.24, 2.45) is 11.3 Å². The molecular formula is C14H19N5O2. The third-order valence-electron chi connectivity index (χ3n) is 5.19. The zero-order valence-electron chi connectivity index (χ0n) is 12.1. The number of rotatable bonds is 3. The number of hydrogen-bond donors (Lipinski definition) is 3. The van der Waals surface area contributed by atoms with Gasteiger partial charge in [-0.3, -0.25) is 0 Å². The van der Waals surface area contributed by atoms with E-state index in [-0.39, 0.29) is 18.1 Å². The molecule has 2 aromatic rings. The fraction of sp³-hybridized carbons (Fsp3) is 0.643. The topological polar surface area (TPSA) is 96.1 Å². The van der Waals surface area contributed by atoms with Crippen molar-refractivity contribution in [1.82, 2.24) is 19.5 Å². The number of nitrogens with zero attached hydrogens (tertiary/aromatic N) is 4. The summed E-state index contributed by atoms with van der Waals surface area (Å²) in [7, 11) is 1.82. The van der Waals surface area contributed by atoms with Crippen LogP contribution in [0.15, 0.2) is 6.33 Å². The van der Waals surface area contributed by atoms with E-state index in [1.54, 1.807) is 6.33 Å². The van der Waals surface area contributed by atoms with Crippen LogP contribution in [0, 0.1) is 18.3 Å². The van der Waals surface area contributed by atoms with Crippen molar-refractivity contribution < 1.29 is 10.2 Å². The second-order valence-corrected chi connectivity index (χ2v) is 6.21. The van der Waals surface area contributed by atoms with Gasteiger partial charge in [0.05, 0.1) is 19.0 Å². The third kappa shape index (κ3) is 1.58. The SMILES string of the molecule is CNc1nc(C)nc2c1ncn2[C@H]1C[C@H](O)[C@]2(CO)C[C@H]12. The first kappa shape index (κ1) is 13.0. The smallest absolute Gasteiger partial charge is 0.166 e. The number of anilines is 1. The maximum atomic E-state index is 10.2. The summed E-state index contributed by atoms with van der Waals surface area (Å²) in [6, 6.07) is 0.149.